The van der Waals surface area contributed by atoms with E-state index >= 15 is 0 Å². The minimum absolute atomic E-state index is 0.884. The summed E-state index contributed by atoms with van der Waals surface area (Å²) >= 11 is 0. The quantitative estimate of drug-likeness (QED) is 0.762. The average molecular weight is 232 g/mol. The van der Waals surface area contributed by atoms with Gasteiger partial charge in [0, 0.05) is 6.54 Å². The molecule has 17 heavy (non-hydrogen) atoms. The summed E-state index contributed by atoms with van der Waals surface area (Å²) in [5, 5.41) is 7.01. The summed E-state index contributed by atoms with van der Waals surface area (Å²) in [5.41, 5.74) is 2.72. The van der Waals surface area contributed by atoms with Crippen LogP contribution in [0.15, 0.2) is 24.3 Å². The van der Waals surface area contributed by atoms with Gasteiger partial charge in [0.2, 0.25) is 0 Å². The van der Waals surface area contributed by atoms with Crippen LogP contribution in [0.5, 0.6) is 0 Å². The second-order valence-electron chi connectivity index (χ2n) is 5.16. The molecule has 2 N–H and O–H groups in total. The van der Waals surface area contributed by atoms with E-state index in [0.29, 0.717) is 0 Å². The Morgan fingerprint density at radius 2 is 2.12 bits per heavy atom. The first kappa shape index (κ1) is 12.6. The molecule has 0 aliphatic carbocycles. The van der Waals surface area contributed by atoms with Crippen molar-refractivity contribution in [1.29, 1.82) is 0 Å². The third-order valence-corrected chi connectivity index (χ3v) is 3.58. The van der Waals surface area contributed by atoms with Crippen LogP contribution >= 0.6 is 0 Å². The molecule has 1 fully saturated rings. The van der Waals surface area contributed by atoms with Crippen molar-refractivity contribution in [2.45, 2.75) is 32.7 Å². The Bertz CT molecular complexity index is 312. The van der Waals surface area contributed by atoms with Crippen molar-refractivity contribution >= 4 is 0 Å². The van der Waals surface area contributed by atoms with Gasteiger partial charge in [-0.15, -0.1) is 0 Å². The van der Waals surface area contributed by atoms with Crippen LogP contribution in [0.1, 0.15) is 30.4 Å². The lowest BCUT2D eigenvalue weighted by molar-refractivity contribution is 0.352. The standard InChI is InChI=1S/C15H24N2/c1-13-4-6-15(7-5-13)12-17-10-8-14-3-2-9-16-11-14/h4-7,14,16-17H,2-3,8-12H2,1H3. The molecule has 1 heterocycles. The minimum atomic E-state index is 0.884. The molecule has 1 aliphatic rings. The summed E-state index contributed by atoms with van der Waals surface area (Å²) in [6.07, 6.45) is 4.06. The van der Waals surface area contributed by atoms with Gasteiger partial charge >= 0.3 is 0 Å². The molecule has 0 bridgehead atoms. The minimum Gasteiger partial charge on any atom is -0.316 e. The zero-order chi connectivity index (χ0) is 11.9. The molecular formula is C15H24N2. The fraction of sp³-hybridized carbons (Fsp3) is 0.600. The molecule has 0 radical (unpaired) electrons. The fourth-order valence-electron chi connectivity index (χ4n) is 2.42. The van der Waals surface area contributed by atoms with Crippen LogP contribution in [-0.4, -0.2) is 19.6 Å². The highest BCUT2D eigenvalue weighted by molar-refractivity contribution is 5.20. The van der Waals surface area contributed by atoms with E-state index in [1.54, 1.807) is 0 Å². The first-order valence-corrected chi connectivity index (χ1v) is 6.81. The highest BCUT2D eigenvalue weighted by atomic mass is 14.9. The van der Waals surface area contributed by atoms with Crippen LogP contribution in [-0.2, 0) is 6.54 Å². The monoisotopic (exact) mass is 232 g/mol. The first-order valence-electron chi connectivity index (χ1n) is 6.81. The molecule has 94 valence electrons. The van der Waals surface area contributed by atoms with Crippen LogP contribution in [0.3, 0.4) is 0 Å². The first-order chi connectivity index (χ1) is 8.34. The molecule has 2 rings (SSSR count). The van der Waals surface area contributed by atoms with Gasteiger partial charge < -0.3 is 10.6 Å². The average Bonchev–Trinajstić information content (AvgIpc) is 2.38. The normalized spacial score (nSPS) is 20.4. The lowest BCUT2D eigenvalue weighted by atomic mass is 9.96. The maximum absolute atomic E-state index is 3.54. The second-order valence-corrected chi connectivity index (χ2v) is 5.16. The van der Waals surface area contributed by atoms with E-state index in [-0.39, 0.29) is 0 Å². The number of aryl methyl sites for hydroxylation is 1. The Morgan fingerprint density at radius 3 is 2.82 bits per heavy atom. The molecule has 1 unspecified atom stereocenters. The number of nitrogens with one attached hydrogen (secondary N) is 2. The van der Waals surface area contributed by atoms with Gasteiger partial charge in [0.25, 0.3) is 0 Å². The van der Waals surface area contributed by atoms with Crippen LogP contribution in [0, 0.1) is 12.8 Å². The predicted octanol–water partition coefficient (Wildman–Crippen LogP) is 2.47. The molecule has 1 aromatic rings. The van der Waals surface area contributed by atoms with Crippen molar-refractivity contribution < 1.29 is 0 Å². The summed E-state index contributed by atoms with van der Waals surface area (Å²) in [7, 11) is 0. The Kier molecular flexibility index (Phi) is 5.02. The highest BCUT2D eigenvalue weighted by Crippen LogP contribution is 2.13. The van der Waals surface area contributed by atoms with Gasteiger partial charge in [-0.2, -0.15) is 0 Å². The maximum Gasteiger partial charge on any atom is 0.0205 e. The van der Waals surface area contributed by atoms with Crippen molar-refractivity contribution in [1.82, 2.24) is 10.6 Å². The van der Waals surface area contributed by atoms with E-state index in [2.05, 4.69) is 41.8 Å². The van der Waals surface area contributed by atoms with E-state index in [0.717, 1.165) is 19.0 Å². The van der Waals surface area contributed by atoms with Gasteiger partial charge in [0.05, 0.1) is 0 Å². The Hall–Kier alpha value is -0.860. The number of benzene rings is 1. The fourth-order valence-corrected chi connectivity index (χ4v) is 2.42. The van der Waals surface area contributed by atoms with E-state index in [9.17, 15) is 0 Å². The summed E-state index contributed by atoms with van der Waals surface area (Å²) < 4.78 is 0. The van der Waals surface area contributed by atoms with Gasteiger partial charge in [0.15, 0.2) is 0 Å². The summed E-state index contributed by atoms with van der Waals surface area (Å²) in [4.78, 5) is 0. The molecule has 1 saturated heterocycles. The third-order valence-electron chi connectivity index (χ3n) is 3.58. The number of rotatable bonds is 5. The van der Waals surface area contributed by atoms with E-state index in [1.807, 2.05) is 0 Å². The largest absolute Gasteiger partial charge is 0.316 e. The molecule has 2 nitrogen and oxygen atoms in total. The van der Waals surface area contributed by atoms with Crippen LogP contribution < -0.4 is 10.6 Å². The Balaban J connectivity index is 1.60. The summed E-state index contributed by atoms with van der Waals surface area (Å²) in [6, 6.07) is 8.79. The van der Waals surface area contributed by atoms with Crippen molar-refractivity contribution in [2.75, 3.05) is 19.6 Å². The van der Waals surface area contributed by atoms with Crippen LogP contribution in [0.4, 0.5) is 0 Å². The van der Waals surface area contributed by atoms with Gasteiger partial charge in [-0.1, -0.05) is 29.8 Å². The van der Waals surface area contributed by atoms with Crippen molar-refractivity contribution in [3.63, 3.8) is 0 Å². The summed E-state index contributed by atoms with van der Waals surface area (Å²) in [6.45, 7) is 6.70. The molecule has 1 aromatic carbocycles. The lowest BCUT2D eigenvalue weighted by Gasteiger charge is -2.22. The molecule has 1 atom stereocenters. The van der Waals surface area contributed by atoms with E-state index in [1.165, 1.54) is 43.5 Å². The lowest BCUT2D eigenvalue weighted by Crippen LogP contribution is -2.31. The third kappa shape index (κ3) is 4.49. The number of piperidine rings is 1. The Labute approximate surface area is 105 Å². The molecule has 0 amide bonds. The predicted molar refractivity (Wildman–Crippen MR) is 73.1 cm³/mol. The van der Waals surface area contributed by atoms with Gasteiger partial charge in [-0.05, 0) is 57.3 Å². The molecule has 2 heteroatoms. The molecule has 0 saturated carbocycles. The molecule has 1 aliphatic heterocycles. The summed E-state index contributed by atoms with van der Waals surface area (Å²) in [5.74, 6) is 0.884. The zero-order valence-electron chi connectivity index (χ0n) is 10.8. The number of hydrogen-bond donors (Lipinski definition) is 2. The molecular weight excluding hydrogens is 208 g/mol. The van der Waals surface area contributed by atoms with Gasteiger partial charge in [-0.25, -0.2) is 0 Å². The van der Waals surface area contributed by atoms with E-state index in [4.69, 9.17) is 0 Å². The van der Waals surface area contributed by atoms with Crippen molar-refractivity contribution in [3.8, 4) is 0 Å². The van der Waals surface area contributed by atoms with Crippen LogP contribution in [0.2, 0.25) is 0 Å². The van der Waals surface area contributed by atoms with Crippen molar-refractivity contribution in [3.05, 3.63) is 35.4 Å². The smallest absolute Gasteiger partial charge is 0.0205 e. The molecule has 0 aromatic heterocycles. The van der Waals surface area contributed by atoms with Crippen molar-refractivity contribution in [2.24, 2.45) is 5.92 Å². The second kappa shape index (κ2) is 6.77. The zero-order valence-corrected chi connectivity index (χ0v) is 10.8. The van der Waals surface area contributed by atoms with Crippen LogP contribution in [0.25, 0.3) is 0 Å². The highest BCUT2D eigenvalue weighted by Gasteiger charge is 2.11. The topological polar surface area (TPSA) is 24.1 Å². The molecule has 0 spiro atoms. The van der Waals surface area contributed by atoms with Gasteiger partial charge in [0.1, 0.15) is 0 Å². The van der Waals surface area contributed by atoms with E-state index < -0.39 is 0 Å². The SMILES string of the molecule is Cc1ccc(CNCCC2CCCNC2)cc1. The Morgan fingerprint density at radius 1 is 1.29 bits per heavy atom. The van der Waals surface area contributed by atoms with Gasteiger partial charge in [-0.3, -0.25) is 0 Å². The number of hydrogen-bond acceptors (Lipinski definition) is 2. The maximum atomic E-state index is 3.54.